The monoisotopic (exact) mass is 384 g/mol. The Balaban J connectivity index is 1.54. The number of hydrogen-bond acceptors (Lipinski definition) is 3. The lowest BCUT2D eigenvalue weighted by atomic mass is 10.1. The SMILES string of the molecule is O=C(CC1C(=O)Nc2c(-c3ccc(Cl)cc3)cnn21)Nc1cccc(F)c1. The fourth-order valence-corrected chi connectivity index (χ4v) is 3.13. The number of nitrogens with zero attached hydrogens (tertiary/aromatic N) is 2. The van der Waals surface area contributed by atoms with Gasteiger partial charge in [0, 0.05) is 16.3 Å². The summed E-state index contributed by atoms with van der Waals surface area (Å²) in [5.74, 6) is -0.640. The smallest absolute Gasteiger partial charge is 0.251 e. The summed E-state index contributed by atoms with van der Waals surface area (Å²) in [5, 5.41) is 10.2. The molecule has 136 valence electrons. The van der Waals surface area contributed by atoms with Gasteiger partial charge in [0.25, 0.3) is 5.91 Å². The summed E-state index contributed by atoms with van der Waals surface area (Å²) in [7, 11) is 0. The molecule has 2 aromatic carbocycles. The summed E-state index contributed by atoms with van der Waals surface area (Å²) in [4.78, 5) is 24.6. The summed E-state index contributed by atoms with van der Waals surface area (Å²) in [5.41, 5.74) is 1.93. The number of hydrogen-bond donors (Lipinski definition) is 2. The number of aromatic nitrogens is 2. The largest absolute Gasteiger partial charge is 0.326 e. The number of anilines is 2. The van der Waals surface area contributed by atoms with E-state index in [-0.39, 0.29) is 12.3 Å². The fraction of sp³-hybridized carbons (Fsp3) is 0.105. The summed E-state index contributed by atoms with van der Waals surface area (Å²) >= 11 is 5.91. The molecular weight excluding hydrogens is 371 g/mol. The van der Waals surface area contributed by atoms with Crippen LogP contribution in [0.1, 0.15) is 12.5 Å². The molecule has 0 saturated carbocycles. The van der Waals surface area contributed by atoms with Crippen molar-refractivity contribution in [2.45, 2.75) is 12.5 Å². The standard InChI is InChI=1S/C19H14ClFN4O2/c20-12-6-4-11(5-7-12)15-10-22-25-16(19(27)24-18(15)25)9-17(26)23-14-3-1-2-13(21)8-14/h1-8,10,16H,9H2,(H,23,26)(H,24,27). The average Bonchev–Trinajstić information content (AvgIpc) is 3.16. The van der Waals surface area contributed by atoms with Crippen LogP contribution in [0, 0.1) is 5.82 Å². The maximum atomic E-state index is 13.2. The first-order valence-corrected chi connectivity index (χ1v) is 8.59. The van der Waals surface area contributed by atoms with Crippen LogP contribution >= 0.6 is 11.6 Å². The second kappa shape index (κ2) is 6.85. The molecule has 27 heavy (non-hydrogen) atoms. The third kappa shape index (κ3) is 3.41. The Morgan fingerprint density at radius 3 is 2.78 bits per heavy atom. The molecule has 6 nitrogen and oxygen atoms in total. The zero-order chi connectivity index (χ0) is 19.0. The predicted molar refractivity (Wildman–Crippen MR) is 100.0 cm³/mol. The Bertz CT molecular complexity index is 1030. The Morgan fingerprint density at radius 2 is 2.04 bits per heavy atom. The lowest BCUT2D eigenvalue weighted by molar-refractivity contribution is -0.123. The van der Waals surface area contributed by atoms with Crippen LogP contribution in [0.25, 0.3) is 11.1 Å². The molecule has 4 rings (SSSR count). The number of halogens is 2. The zero-order valence-electron chi connectivity index (χ0n) is 13.9. The highest BCUT2D eigenvalue weighted by molar-refractivity contribution is 6.30. The van der Waals surface area contributed by atoms with Crippen molar-refractivity contribution in [2.24, 2.45) is 0 Å². The Kier molecular flexibility index (Phi) is 4.37. The van der Waals surface area contributed by atoms with E-state index in [0.717, 1.165) is 11.1 Å². The minimum absolute atomic E-state index is 0.114. The van der Waals surface area contributed by atoms with E-state index in [1.54, 1.807) is 24.4 Å². The molecule has 2 N–H and O–H groups in total. The topological polar surface area (TPSA) is 76.0 Å². The third-order valence-electron chi connectivity index (χ3n) is 4.28. The van der Waals surface area contributed by atoms with Crippen LogP contribution in [0.3, 0.4) is 0 Å². The first-order chi connectivity index (χ1) is 13.0. The number of carbonyl (C=O) groups is 2. The Hall–Kier alpha value is -3.19. The average molecular weight is 385 g/mol. The molecule has 1 unspecified atom stereocenters. The fourth-order valence-electron chi connectivity index (χ4n) is 3.01. The van der Waals surface area contributed by atoms with Crippen LogP contribution in [0.4, 0.5) is 15.9 Å². The van der Waals surface area contributed by atoms with Crippen LogP contribution in [0.5, 0.6) is 0 Å². The van der Waals surface area contributed by atoms with Gasteiger partial charge >= 0.3 is 0 Å². The molecule has 0 fully saturated rings. The molecule has 1 aromatic heterocycles. The van der Waals surface area contributed by atoms with E-state index in [9.17, 15) is 14.0 Å². The van der Waals surface area contributed by atoms with Gasteiger partial charge in [-0.05, 0) is 35.9 Å². The minimum atomic E-state index is -0.769. The van der Waals surface area contributed by atoms with Gasteiger partial charge < -0.3 is 10.6 Å². The van der Waals surface area contributed by atoms with Gasteiger partial charge in [0.1, 0.15) is 17.7 Å². The van der Waals surface area contributed by atoms with Crippen molar-refractivity contribution in [2.75, 3.05) is 10.6 Å². The number of rotatable bonds is 4. The highest BCUT2D eigenvalue weighted by atomic mass is 35.5. The van der Waals surface area contributed by atoms with Crippen LogP contribution in [-0.4, -0.2) is 21.6 Å². The van der Waals surface area contributed by atoms with Crippen molar-refractivity contribution in [3.05, 3.63) is 65.6 Å². The number of benzene rings is 2. The second-order valence-electron chi connectivity index (χ2n) is 6.13. The van der Waals surface area contributed by atoms with Gasteiger partial charge in [-0.2, -0.15) is 5.10 Å². The Morgan fingerprint density at radius 1 is 1.26 bits per heavy atom. The molecule has 0 spiro atoms. The Labute approximate surface area is 158 Å². The van der Waals surface area contributed by atoms with Crippen LogP contribution in [-0.2, 0) is 9.59 Å². The van der Waals surface area contributed by atoms with Gasteiger partial charge in [0.15, 0.2) is 0 Å². The van der Waals surface area contributed by atoms with Gasteiger partial charge in [-0.25, -0.2) is 9.07 Å². The van der Waals surface area contributed by atoms with Crippen LogP contribution in [0.2, 0.25) is 5.02 Å². The van der Waals surface area contributed by atoms with Gasteiger partial charge in [-0.3, -0.25) is 9.59 Å². The molecular formula is C19H14ClFN4O2. The van der Waals surface area contributed by atoms with E-state index < -0.39 is 17.8 Å². The van der Waals surface area contributed by atoms with Gasteiger partial charge in [-0.1, -0.05) is 29.8 Å². The van der Waals surface area contributed by atoms with Gasteiger partial charge in [-0.15, -0.1) is 0 Å². The van der Waals surface area contributed by atoms with Crippen LogP contribution in [0.15, 0.2) is 54.7 Å². The maximum absolute atomic E-state index is 13.2. The van der Waals surface area contributed by atoms with Crippen molar-refractivity contribution in [1.82, 2.24) is 9.78 Å². The lowest BCUT2D eigenvalue weighted by Gasteiger charge is -2.10. The third-order valence-corrected chi connectivity index (χ3v) is 4.53. The highest BCUT2D eigenvalue weighted by Crippen LogP contribution is 2.36. The summed E-state index contributed by atoms with van der Waals surface area (Å²) < 4.78 is 14.7. The van der Waals surface area contributed by atoms with Crippen molar-refractivity contribution < 1.29 is 14.0 Å². The van der Waals surface area contributed by atoms with E-state index in [1.807, 2.05) is 12.1 Å². The number of amides is 2. The van der Waals surface area contributed by atoms with Crippen molar-refractivity contribution in [1.29, 1.82) is 0 Å². The van der Waals surface area contributed by atoms with E-state index >= 15 is 0 Å². The molecule has 1 aliphatic heterocycles. The predicted octanol–water partition coefficient (Wildman–Crippen LogP) is 3.86. The molecule has 8 heteroatoms. The highest BCUT2D eigenvalue weighted by Gasteiger charge is 2.35. The number of carbonyl (C=O) groups excluding carboxylic acids is 2. The first kappa shape index (κ1) is 17.2. The molecule has 1 aliphatic rings. The number of fused-ring (bicyclic) bond motifs is 1. The lowest BCUT2D eigenvalue weighted by Crippen LogP contribution is -2.23. The molecule has 2 heterocycles. The summed E-state index contributed by atoms with van der Waals surface area (Å²) in [6, 6.07) is 12.0. The quantitative estimate of drug-likeness (QED) is 0.717. The van der Waals surface area contributed by atoms with Gasteiger partial charge in [0.05, 0.1) is 12.6 Å². The van der Waals surface area contributed by atoms with E-state index in [4.69, 9.17) is 11.6 Å². The number of nitrogens with one attached hydrogen (secondary N) is 2. The van der Waals surface area contributed by atoms with Crippen molar-refractivity contribution in [3.8, 4) is 11.1 Å². The van der Waals surface area contributed by atoms with Gasteiger partial charge in [0.2, 0.25) is 5.91 Å². The second-order valence-corrected chi connectivity index (χ2v) is 6.56. The van der Waals surface area contributed by atoms with E-state index in [0.29, 0.717) is 16.5 Å². The van der Waals surface area contributed by atoms with Crippen molar-refractivity contribution in [3.63, 3.8) is 0 Å². The summed E-state index contributed by atoms with van der Waals surface area (Å²) in [6.07, 6.45) is 1.52. The first-order valence-electron chi connectivity index (χ1n) is 8.21. The normalized spacial score (nSPS) is 15.3. The van der Waals surface area contributed by atoms with E-state index in [2.05, 4.69) is 15.7 Å². The van der Waals surface area contributed by atoms with Crippen LogP contribution < -0.4 is 10.6 Å². The summed E-state index contributed by atoms with van der Waals surface area (Å²) in [6.45, 7) is 0. The van der Waals surface area contributed by atoms with E-state index in [1.165, 1.54) is 22.9 Å². The molecule has 0 radical (unpaired) electrons. The minimum Gasteiger partial charge on any atom is -0.326 e. The molecule has 0 bridgehead atoms. The molecule has 0 saturated heterocycles. The zero-order valence-corrected chi connectivity index (χ0v) is 14.7. The molecule has 1 atom stereocenters. The maximum Gasteiger partial charge on any atom is 0.251 e. The molecule has 2 amide bonds. The van der Waals surface area contributed by atoms with Crippen molar-refractivity contribution >= 4 is 34.9 Å². The molecule has 0 aliphatic carbocycles. The molecule has 3 aromatic rings.